The van der Waals surface area contributed by atoms with Crippen LogP contribution in [0.15, 0.2) is 47.0 Å². The zero-order chi connectivity index (χ0) is 27.5. The number of primary amides is 1. The van der Waals surface area contributed by atoms with Crippen molar-refractivity contribution in [1.82, 2.24) is 20.3 Å². The fraction of sp³-hybridized carbons (Fsp3) is 0.393. The molecule has 2 aliphatic heterocycles. The molecule has 0 atom stereocenters. The summed E-state index contributed by atoms with van der Waals surface area (Å²) >= 11 is 0. The van der Waals surface area contributed by atoms with E-state index in [4.69, 9.17) is 15.0 Å². The van der Waals surface area contributed by atoms with Gasteiger partial charge in [0.1, 0.15) is 28.6 Å². The number of ether oxygens (including phenoxy) is 1. The van der Waals surface area contributed by atoms with Crippen LogP contribution in [-0.2, 0) is 0 Å². The van der Waals surface area contributed by atoms with E-state index in [1.807, 2.05) is 0 Å². The third-order valence-electron chi connectivity index (χ3n) is 7.49. The lowest BCUT2D eigenvalue weighted by atomic mass is 9.98. The summed E-state index contributed by atoms with van der Waals surface area (Å²) < 4.78 is 11.3. The second-order valence-electron chi connectivity index (χ2n) is 10.2. The second-order valence-corrected chi connectivity index (χ2v) is 10.2. The van der Waals surface area contributed by atoms with E-state index in [2.05, 4.69) is 27.3 Å². The summed E-state index contributed by atoms with van der Waals surface area (Å²) in [4.78, 5) is 29.2. The number of benzene rings is 2. The van der Waals surface area contributed by atoms with Crippen LogP contribution in [0.25, 0.3) is 11.3 Å². The first-order valence-electron chi connectivity index (χ1n) is 13.1. The van der Waals surface area contributed by atoms with Crippen molar-refractivity contribution in [3.8, 4) is 34.3 Å². The number of piperidine rings is 2. The molecule has 0 saturated carbocycles. The predicted octanol–water partition coefficient (Wildman–Crippen LogP) is 2.93. The molecule has 0 radical (unpaired) electrons. The molecule has 3 heterocycles. The smallest absolute Gasteiger partial charge is 0.273 e. The number of rotatable bonds is 7. The number of hydrogen-bond donors (Lipinski definition) is 4. The van der Waals surface area contributed by atoms with Crippen LogP contribution < -0.4 is 15.8 Å². The Morgan fingerprint density at radius 1 is 1.03 bits per heavy atom. The van der Waals surface area contributed by atoms with Gasteiger partial charge in [-0.15, -0.1) is 0 Å². The third kappa shape index (κ3) is 6.15. The first kappa shape index (κ1) is 26.5. The average Bonchev–Trinajstić information content (AvgIpc) is 3.39. The number of nitrogens with two attached hydrogens (primary N) is 1. The number of aromatic hydroxyl groups is 2. The number of nitrogens with zero attached hydrogens (tertiary/aromatic N) is 3. The molecule has 39 heavy (non-hydrogen) atoms. The van der Waals surface area contributed by atoms with E-state index in [1.54, 1.807) is 0 Å². The van der Waals surface area contributed by atoms with E-state index >= 15 is 0 Å². The van der Waals surface area contributed by atoms with Crippen LogP contribution in [0.1, 0.15) is 46.5 Å². The maximum Gasteiger partial charge on any atom is 0.273 e. The minimum Gasteiger partial charge on any atom is -0.508 e. The van der Waals surface area contributed by atoms with Gasteiger partial charge in [0, 0.05) is 48.9 Å². The van der Waals surface area contributed by atoms with E-state index in [9.17, 15) is 19.8 Å². The van der Waals surface area contributed by atoms with Crippen LogP contribution in [0.4, 0.5) is 0 Å². The van der Waals surface area contributed by atoms with Gasteiger partial charge in [0.2, 0.25) is 5.91 Å². The highest BCUT2D eigenvalue weighted by Crippen LogP contribution is 2.43. The van der Waals surface area contributed by atoms with Gasteiger partial charge in [0.05, 0.1) is 0 Å². The summed E-state index contributed by atoms with van der Waals surface area (Å²) in [5.41, 5.74) is 5.78. The lowest BCUT2D eigenvalue weighted by Crippen LogP contribution is -2.50. The van der Waals surface area contributed by atoms with Crippen molar-refractivity contribution in [2.75, 3.05) is 33.2 Å². The van der Waals surface area contributed by atoms with Crippen molar-refractivity contribution in [3.05, 3.63) is 53.7 Å². The maximum atomic E-state index is 13.0. The predicted molar refractivity (Wildman–Crippen MR) is 143 cm³/mol. The van der Waals surface area contributed by atoms with E-state index in [1.165, 1.54) is 49.2 Å². The number of phenolic OH excluding ortho intramolecular Hbond substituents is 2. The van der Waals surface area contributed by atoms with Gasteiger partial charge in [-0.25, -0.2) is 0 Å². The quantitative estimate of drug-likeness (QED) is 0.357. The van der Waals surface area contributed by atoms with Crippen LogP contribution in [0.5, 0.6) is 23.0 Å². The molecule has 5 rings (SSSR count). The zero-order valence-electron chi connectivity index (χ0n) is 21.8. The molecule has 1 aromatic heterocycles. The maximum absolute atomic E-state index is 13.0. The molecule has 0 spiro atoms. The molecule has 0 aliphatic carbocycles. The number of carbonyl (C=O) groups excluding carboxylic acids is 2. The number of phenols is 2. The average molecular weight is 536 g/mol. The molecule has 5 N–H and O–H groups in total. The standard InChI is InChI=1S/C28H33N5O6/c1-32-10-8-19(9-11-32)33-12-6-18(7-13-33)30-28(37)22-16-25(39-31-22)26-23(35)14-20(34)15-24(26)38-21-4-2-17(3-5-21)27(29)36/h2-5,14-16,18-19,34-35H,6-13H2,1H3,(H2,29,36)(H,30,37). The molecule has 0 bridgehead atoms. The number of nitrogens with one attached hydrogen (secondary N) is 1. The van der Waals surface area contributed by atoms with E-state index in [0.29, 0.717) is 17.4 Å². The Bertz CT molecular complexity index is 1320. The van der Waals surface area contributed by atoms with Crippen molar-refractivity contribution >= 4 is 11.8 Å². The van der Waals surface area contributed by atoms with Crippen LogP contribution in [0, 0.1) is 0 Å². The molecule has 2 amide bonds. The Morgan fingerprint density at radius 2 is 1.72 bits per heavy atom. The molecule has 2 saturated heterocycles. The highest BCUT2D eigenvalue weighted by atomic mass is 16.5. The number of carbonyl (C=O) groups is 2. The van der Waals surface area contributed by atoms with Gasteiger partial charge in [-0.05, 0) is 70.1 Å². The van der Waals surface area contributed by atoms with E-state index in [-0.39, 0.29) is 46.2 Å². The molecule has 3 aromatic rings. The molecule has 11 heteroatoms. The van der Waals surface area contributed by atoms with E-state index in [0.717, 1.165) is 45.1 Å². The minimum absolute atomic E-state index is 0.0458. The summed E-state index contributed by atoms with van der Waals surface area (Å²) in [6, 6.07) is 10.6. The Balaban J connectivity index is 1.25. The lowest BCUT2D eigenvalue weighted by Gasteiger charge is -2.41. The molecule has 2 aromatic carbocycles. The van der Waals surface area contributed by atoms with Gasteiger partial charge >= 0.3 is 0 Å². The van der Waals surface area contributed by atoms with Crippen LogP contribution in [-0.4, -0.2) is 82.3 Å². The van der Waals surface area contributed by atoms with Crippen molar-refractivity contribution < 1.29 is 29.1 Å². The number of amides is 2. The Labute approximate surface area is 226 Å². The summed E-state index contributed by atoms with van der Waals surface area (Å²) in [6.07, 6.45) is 4.11. The number of likely N-dealkylation sites (tertiary alicyclic amines) is 2. The fourth-order valence-corrected chi connectivity index (χ4v) is 5.26. The Morgan fingerprint density at radius 3 is 2.38 bits per heavy atom. The monoisotopic (exact) mass is 535 g/mol. The zero-order valence-corrected chi connectivity index (χ0v) is 21.8. The number of hydrogen-bond acceptors (Lipinski definition) is 9. The van der Waals surface area contributed by atoms with Crippen LogP contribution in [0.3, 0.4) is 0 Å². The summed E-state index contributed by atoms with van der Waals surface area (Å²) in [5, 5.41) is 27.6. The van der Waals surface area contributed by atoms with Gasteiger partial charge in [-0.1, -0.05) is 5.16 Å². The SMILES string of the molecule is CN1CCC(N2CCC(NC(=O)c3cc(-c4c(O)cc(O)cc4Oc4ccc(C(N)=O)cc4)on3)CC2)CC1. The highest BCUT2D eigenvalue weighted by molar-refractivity contribution is 5.94. The van der Waals surface area contributed by atoms with Crippen LogP contribution >= 0.6 is 0 Å². The number of aromatic nitrogens is 1. The van der Waals surface area contributed by atoms with Gasteiger partial charge in [0.15, 0.2) is 11.5 Å². The normalized spacial score (nSPS) is 17.7. The largest absolute Gasteiger partial charge is 0.508 e. The first-order chi connectivity index (χ1) is 18.8. The van der Waals surface area contributed by atoms with Crippen molar-refractivity contribution in [3.63, 3.8) is 0 Å². The van der Waals surface area contributed by atoms with Gasteiger partial charge in [-0.2, -0.15) is 0 Å². The molecular formula is C28H33N5O6. The van der Waals surface area contributed by atoms with Crippen LogP contribution in [0.2, 0.25) is 0 Å². The molecule has 2 fully saturated rings. The molecular weight excluding hydrogens is 502 g/mol. The van der Waals surface area contributed by atoms with E-state index < -0.39 is 5.91 Å². The van der Waals surface area contributed by atoms with Crippen molar-refractivity contribution in [2.24, 2.45) is 5.73 Å². The molecule has 2 aliphatic rings. The Kier molecular flexibility index (Phi) is 7.71. The van der Waals surface area contributed by atoms with Crippen molar-refractivity contribution in [1.29, 1.82) is 0 Å². The third-order valence-corrected chi connectivity index (χ3v) is 7.49. The first-order valence-corrected chi connectivity index (χ1v) is 13.1. The Hall–Kier alpha value is -4.09. The summed E-state index contributed by atoms with van der Waals surface area (Å²) in [7, 11) is 2.16. The molecule has 0 unspecified atom stereocenters. The molecule has 206 valence electrons. The van der Waals surface area contributed by atoms with Gasteiger partial charge in [-0.3, -0.25) is 9.59 Å². The highest BCUT2D eigenvalue weighted by Gasteiger charge is 2.29. The fourth-order valence-electron chi connectivity index (χ4n) is 5.26. The minimum atomic E-state index is -0.576. The molecule has 11 nitrogen and oxygen atoms in total. The van der Waals surface area contributed by atoms with Gasteiger partial charge in [0.25, 0.3) is 5.91 Å². The lowest BCUT2D eigenvalue weighted by molar-refractivity contribution is 0.0801. The summed E-state index contributed by atoms with van der Waals surface area (Å²) in [5.74, 6) is -0.984. The topological polar surface area (TPSA) is 154 Å². The second kappa shape index (κ2) is 11.3. The summed E-state index contributed by atoms with van der Waals surface area (Å²) in [6.45, 7) is 4.15. The van der Waals surface area contributed by atoms with Gasteiger partial charge < -0.3 is 40.3 Å². The van der Waals surface area contributed by atoms with Crippen molar-refractivity contribution in [2.45, 2.75) is 37.8 Å².